The molecule has 1 aromatic carbocycles. The molecule has 2 nitrogen and oxygen atoms in total. The molecule has 0 N–H and O–H groups in total. The third kappa shape index (κ3) is 5.97. The molecule has 2 rings (SSSR count). The Balaban J connectivity index is 2.17. The molecule has 27 heavy (non-hydrogen) atoms. The molecule has 1 aliphatic carbocycles. The molecular weight excluding hydrogens is 328 g/mol. The maximum Gasteiger partial charge on any atom is 0.138 e. The summed E-state index contributed by atoms with van der Waals surface area (Å²) in [4.78, 5) is 0. The molecule has 1 aromatic rings. The quantitative estimate of drug-likeness (QED) is 0.450. The minimum Gasteiger partial charge on any atom is -0.192 e. The van der Waals surface area contributed by atoms with Gasteiger partial charge in [0.2, 0.25) is 0 Å². The molecule has 1 unspecified atom stereocenters. The maximum atomic E-state index is 9.40. The number of unbranched alkanes of at least 4 members (excludes halogenated alkanes) is 1. The van der Waals surface area contributed by atoms with E-state index in [9.17, 15) is 10.5 Å². The summed E-state index contributed by atoms with van der Waals surface area (Å²) in [6, 6.07) is 12.6. The molecule has 0 saturated carbocycles. The highest BCUT2D eigenvalue weighted by Crippen LogP contribution is 2.30. The normalized spacial score (nSPS) is 14.0. The lowest BCUT2D eigenvalue weighted by Crippen LogP contribution is -2.01. The van der Waals surface area contributed by atoms with Gasteiger partial charge in [0.05, 0.1) is 0 Å². The summed E-state index contributed by atoms with van der Waals surface area (Å²) in [6.07, 6.45) is 15.7. The van der Waals surface area contributed by atoms with Crippen LogP contribution >= 0.6 is 0 Å². The number of nitrogens with zero attached hydrogens (tertiary/aromatic N) is 2. The second-order valence-corrected chi connectivity index (χ2v) is 7.26. The first-order chi connectivity index (χ1) is 13.2. The van der Waals surface area contributed by atoms with Crippen molar-refractivity contribution >= 4 is 5.57 Å². The van der Waals surface area contributed by atoms with Crippen LogP contribution in [0.25, 0.3) is 5.57 Å². The van der Waals surface area contributed by atoms with Gasteiger partial charge in [-0.2, -0.15) is 10.5 Å². The number of rotatable bonds is 9. The number of hydrogen-bond donors (Lipinski definition) is 0. The third-order valence-corrected chi connectivity index (χ3v) is 5.38. The van der Waals surface area contributed by atoms with Gasteiger partial charge in [0, 0.05) is 5.57 Å². The molecule has 140 valence electrons. The summed E-state index contributed by atoms with van der Waals surface area (Å²) in [7, 11) is 0. The Labute approximate surface area is 164 Å². The molecule has 2 heteroatoms. The summed E-state index contributed by atoms with van der Waals surface area (Å²) in [5, 5.41) is 18.8. The van der Waals surface area contributed by atoms with Gasteiger partial charge in [-0.05, 0) is 48.3 Å². The largest absolute Gasteiger partial charge is 0.192 e. The van der Waals surface area contributed by atoms with Crippen molar-refractivity contribution in [3.05, 3.63) is 64.8 Å². The van der Waals surface area contributed by atoms with Gasteiger partial charge < -0.3 is 0 Å². The first-order valence-corrected chi connectivity index (χ1v) is 10.2. The van der Waals surface area contributed by atoms with E-state index in [-0.39, 0.29) is 5.57 Å². The lowest BCUT2D eigenvalue weighted by atomic mass is 9.89. The van der Waals surface area contributed by atoms with E-state index in [0.29, 0.717) is 0 Å². The van der Waals surface area contributed by atoms with Gasteiger partial charge in [0.25, 0.3) is 0 Å². The van der Waals surface area contributed by atoms with Crippen molar-refractivity contribution in [1.29, 1.82) is 10.5 Å². The molecule has 0 fully saturated rings. The molecular formula is C25H30N2. The molecule has 0 spiro atoms. The molecule has 0 amide bonds. The highest BCUT2D eigenvalue weighted by atomic mass is 14.3. The van der Waals surface area contributed by atoms with E-state index in [4.69, 9.17) is 0 Å². The van der Waals surface area contributed by atoms with Gasteiger partial charge >= 0.3 is 0 Å². The zero-order valence-corrected chi connectivity index (χ0v) is 16.7. The van der Waals surface area contributed by atoms with E-state index in [2.05, 4.69) is 62.4 Å². The van der Waals surface area contributed by atoms with E-state index in [1.54, 1.807) is 0 Å². The summed E-state index contributed by atoms with van der Waals surface area (Å²) in [6.45, 7) is 4.54. The van der Waals surface area contributed by atoms with Crippen LogP contribution in [-0.4, -0.2) is 0 Å². The van der Waals surface area contributed by atoms with Crippen LogP contribution in [0.3, 0.4) is 0 Å². The van der Waals surface area contributed by atoms with Crippen LogP contribution in [-0.2, 0) is 6.42 Å². The molecule has 1 aliphatic rings. The zero-order chi connectivity index (χ0) is 19.5. The SMILES string of the molecule is CCCCC(CC)CCc1ccc(C(C2=CCCC=C2)=C(C#N)C#N)cc1. The number of allylic oxidation sites excluding steroid dienone is 6. The number of aryl methyl sites for hydroxylation is 1. The van der Waals surface area contributed by atoms with E-state index in [1.807, 2.05) is 6.08 Å². The molecule has 0 radical (unpaired) electrons. The van der Waals surface area contributed by atoms with Gasteiger partial charge in [-0.25, -0.2) is 0 Å². The molecule has 0 aromatic heterocycles. The van der Waals surface area contributed by atoms with Crippen molar-refractivity contribution in [3.8, 4) is 12.1 Å². The monoisotopic (exact) mass is 358 g/mol. The van der Waals surface area contributed by atoms with Crippen LogP contribution in [0, 0.1) is 28.6 Å². The van der Waals surface area contributed by atoms with Crippen molar-refractivity contribution in [1.82, 2.24) is 0 Å². The number of nitriles is 2. The van der Waals surface area contributed by atoms with Gasteiger partial charge in [0.15, 0.2) is 0 Å². The fourth-order valence-electron chi connectivity index (χ4n) is 3.65. The van der Waals surface area contributed by atoms with Crippen molar-refractivity contribution in [2.45, 2.75) is 65.2 Å². The Kier molecular flexibility index (Phi) is 8.60. The minimum atomic E-state index is 0.186. The van der Waals surface area contributed by atoms with E-state index >= 15 is 0 Å². The average molecular weight is 359 g/mol. The standard InChI is InChI=1S/C25H30N2/c1-3-5-9-20(4-2)12-13-21-14-16-23(17-15-21)25(24(18-26)19-27)22-10-7-6-8-11-22/h7,10-11,14-17,20H,3-6,8-9,12-13H2,1-2H3. The highest BCUT2D eigenvalue weighted by molar-refractivity contribution is 5.88. The molecule has 0 aliphatic heterocycles. The summed E-state index contributed by atoms with van der Waals surface area (Å²) in [5.74, 6) is 0.807. The predicted molar refractivity (Wildman–Crippen MR) is 113 cm³/mol. The third-order valence-electron chi connectivity index (χ3n) is 5.38. The first-order valence-electron chi connectivity index (χ1n) is 10.2. The fourth-order valence-corrected chi connectivity index (χ4v) is 3.65. The number of hydrogen-bond acceptors (Lipinski definition) is 2. The van der Waals surface area contributed by atoms with Crippen LogP contribution in [0.2, 0.25) is 0 Å². The Morgan fingerprint density at radius 1 is 1.04 bits per heavy atom. The van der Waals surface area contributed by atoms with Crippen molar-refractivity contribution in [2.75, 3.05) is 0 Å². The lowest BCUT2D eigenvalue weighted by Gasteiger charge is -2.15. The summed E-state index contributed by atoms with van der Waals surface area (Å²) < 4.78 is 0. The maximum absolute atomic E-state index is 9.40. The molecule has 0 bridgehead atoms. The highest BCUT2D eigenvalue weighted by Gasteiger charge is 2.14. The second-order valence-electron chi connectivity index (χ2n) is 7.26. The van der Waals surface area contributed by atoms with Crippen LogP contribution < -0.4 is 0 Å². The average Bonchev–Trinajstić information content (AvgIpc) is 2.73. The van der Waals surface area contributed by atoms with Crippen LogP contribution in [0.5, 0.6) is 0 Å². The summed E-state index contributed by atoms with van der Waals surface area (Å²) in [5.41, 5.74) is 4.21. The first kappa shape index (κ1) is 20.7. The van der Waals surface area contributed by atoms with E-state index in [0.717, 1.165) is 41.9 Å². The second kappa shape index (κ2) is 11.2. The number of benzene rings is 1. The van der Waals surface area contributed by atoms with Gasteiger partial charge in [-0.3, -0.25) is 0 Å². The van der Waals surface area contributed by atoms with Gasteiger partial charge in [-0.15, -0.1) is 0 Å². The van der Waals surface area contributed by atoms with E-state index in [1.165, 1.54) is 37.7 Å². The lowest BCUT2D eigenvalue weighted by molar-refractivity contribution is 0.422. The topological polar surface area (TPSA) is 47.6 Å². The molecule has 1 atom stereocenters. The van der Waals surface area contributed by atoms with Crippen molar-refractivity contribution in [3.63, 3.8) is 0 Å². The zero-order valence-electron chi connectivity index (χ0n) is 16.7. The van der Waals surface area contributed by atoms with Crippen LogP contribution in [0.15, 0.2) is 53.6 Å². The van der Waals surface area contributed by atoms with Gasteiger partial charge in [0.1, 0.15) is 17.7 Å². The Bertz CT molecular complexity index is 763. The Hall–Kier alpha value is -2.58. The van der Waals surface area contributed by atoms with Gasteiger partial charge in [-0.1, -0.05) is 82.0 Å². The predicted octanol–water partition coefficient (Wildman–Crippen LogP) is 6.91. The van der Waals surface area contributed by atoms with Crippen molar-refractivity contribution in [2.24, 2.45) is 5.92 Å². The molecule has 0 saturated heterocycles. The Morgan fingerprint density at radius 3 is 2.33 bits per heavy atom. The fraction of sp³-hybridized carbons (Fsp3) is 0.440. The minimum absolute atomic E-state index is 0.186. The summed E-state index contributed by atoms with van der Waals surface area (Å²) >= 11 is 0. The Morgan fingerprint density at radius 2 is 1.78 bits per heavy atom. The van der Waals surface area contributed by atoms with Crippen molar-refractivity contribution < 1.29 is 0 Å². The van der Waals surface area contributed by atoms with Crippen LogP contribution in [0.4, 0.5) is 0 Å². The van der Waals surface area contributed by atoms with Crippen LogP contribution in [0.1, 0.15) is 69.9 Å². The smallest absolute Gasteiger partial charge is 0.138 e. The van der Waals surface area contributed by atoms with E-state index < -0.39 is 0 Å². The molecule has 0 heterocycles.